The second-order valence-electron chi connectivity index (χ2n) is 7.37. The van der Waals surface area contributed by atoms with E-state index in [0.29, 0.717) is 5.25 Å². The number of fused-ring (bicyclic) bond motifs is 3. The minimum atomic E-state index is 0.504. The molecule has 27 heavy (non-hydrogen) atoms. The largest absolute Gasteiger partial charge is 0.493 e. The maximum Gasteiger partial charge on any atom is 0.122 e. The van der Waals surface area contributed by atoms with Gasteiger partial charge in [-0.1, -0.05) is 42.5 Å². The topological polar surface area (TPSA) is 25.0 Å². The summed E-state index contributed by atoms with van der Waals surface area (Å²) in [4.78, 5) is 4.96. The molecule has 1 atom stereocenters. The van der Waals surface area contributed by atoms with Gasteiger partial charge in [-0.3, -0.25) is 0 Å². The van der Waals surface area contributed by atoms with Crippen LogP contribution in [-0.2, 0) is 12.8 Å². The first-order valence-corrected chi connectivity index (χ1v) is 10.3. The molecule has 0 aliphatic carbocycles. The van der Waals surface area contributed by atoms with Crippen LogP contribution in [0.2, 0.25) is 0 Å². The van der Waals surface area contributed by atoms with Crippen LogP contribution in [0.3, 0.4) is 0 Å². The fourth-order valence-corrected chi connectivity index (χ4v) is 5.57. The van der Waals surface area contributed by atoms with Gasteiger partial charge in [-0.15, -0.1) is 11.8 Å². The Morgan fingerprint density at radius 1 is 0.926 bits per heavy atom. The third-order valence-electron chi connectivity index (χ3n) is 5.67. The van der Waals surface area contributed by atoms with Crippen molar-refractivity contribution in [3.63, 3.8) is 0 Å². The average molecular weight is 369 g/mol. The van der Waals surface area contributed by atoms with Crippen molar-refractivity contribution < 1.29 is 4.74 Å². The molecular formula is C24H19NOS. The van der Waals surface area contributed by atoms with Crippen LogP contribution >= 0.6 is 11.8 Å². The fraction of sp³-hybridized carbons (Fsp3) is 0.167. The maximum absolute atomic E-state index is 5.66. The number of H-pyrrole nitrogens is 1. The Balaban J connectivity index is 1.32. The number of aromatic amines is 1. The van der Waals surface area contributed by atoms with E-state index in [0.717, 1.165) is 25.2 Å². The van der Waals surface area contributed by atoms with E-state index in [4.69, 9.17) is 4.74 Å². The predicted octanol–water partition coefficient (Wildman–Crippen LogP) is 6.16. The molecular weight excluding hydrogens is 350 g/mol. The van der Waals surface area contributed by atoms with Crippen LogP contribution in [0.1, 0.15) is 21.9 Å². The number of ether oxygens (including phenoxy) is 1. The number of hydrogen-bond acceptors (Lipinski definition) is 2. The minimum absolute atomic E-state index is 0.504. The van der Waals surface area contributed by atoms with E-state index in [1.165, 1.54) is 43.7 Å². The lowest BCUT2D eigenvalue weighted by molar-refractivity contribution is 0.357. The highest BCUT2D eigenvalue weighted by Crippen LogP contribution is 2.48. The molecule has 1 N–H and O–H groups in total. The van der Waals surface area contributed by atoms with Crippen molar-refractivity contribution in [3.8, 4) is 17.0 Å². The molecule has 0 saturated carbocycles. The molecule has 0 fully saturated rings. The molecule has 6 rings (SSSR count). The standard InChI is InChI=1S/C24H19NOS/c1-2-4-20-15(3-1)12-21(25-20)16-5-6-19-14-24(27-23(19)13-16)18-7-8-22-17(11-18)9-10-26-22/h1-8,11-13,24-25H,9-10,14H2. The first kappa shape index (κ1) is 15.4. The van der Waals surface area contributed by atoms with Crippen molar-refractivity contribution in [1.82, 2.24) is 4.98 Å². The predicted molar refractivity (Wildman–Crippen MR) is 112 cm³/mol. The molecule has 132 valence electrons. The van der Waals surface area contributed by atoms with E-state index >= 15 is 0 Å². The lowest BCUT2D eigenvalue weighted by Crippen LogP contribution is -1.93. The van der Waals surface area contributed by atoms with Gasteiger partial charge >= 0.3 is 0 Å². The summed E-state index contributed by atoms with van der Waals surface area (Å²) in [5, 5.41) is 1.77. The maximum atomic E-state index is 5.66. The molecule has 3 heterocycles. The highest BCUT2D eigenvalue weighted by molar-refractivity contribution is 7.99. The van der Waals surface area contributed by atoms with Gasteiger partial charge in [-0.25, -0.2) is 0 Å². The SMILES string of the molecule is c1ccc2[nH]c(-c3ccc4c(c3)SC(c3ccc5c(c3)CCO5)C4)cc2c1. The van der Waals surface area contributed by atoms with Crippen molar-refractivity contribution in [2.24, 2.45) is 0 Å². The zero-order chi connectivity index (χ0) is 17.8. The van der Waals surface area contributed by atoms with Crippen molar-refractivity contribution in [2.75, 3.05) is 6.61 Å². The summed E-state index contributed by atoms with van der Waals surface area (Å²) in [6, 6.07) is 24.4. The monoisotopic (exact) mass is 369 g/mol. The Bertz CT molecular complexity index is 1140. The van der Waals surface area contributed by atoms with Gasteiger partial charge in [0.1, 0.15) is 5.75 Å². The Morgan fingerprint density at radius 3 is 2.85 bits per heavy atom. The number of thioether (sulfide) groups is 1. The molecule has 1 unspecified atom stereocenters. The first-order valence-electron chi connectivity index (χ1n) is 9.47. The van der Waals surface area contributed by atoms with Crippen LogP contribution in [-0.4, -0.2) is 11.6 Å². The summed E-state index contributed by atoms with van der Waals surface area (Å²) in [6.07, 6.45) is 2.14. The Kier molecular flexibility index (Phi) is 3.38. The number of para-hydroxylation sites is 1. The Hall–Kier alpha value is -2.65. The van der Waals surface area contributed by atoms with Crippen molar-refractivity contribution in [1.29, 1.82) is 0 Å². The molecule has 0 amide bonds. The number of hydrogen-bond donors (Lipinski definition) is 1. The third-order valence-corrected chi connectivity index (χ3v) is 7.03. The van der Waals surface area contributed by atoms with Crippen molar-refractivity contribution in [2.45, 2.75) is 23.0 Å². The summed E-state index contributed by atoms with van der Waals surface area (Å²) in [5.41, 5.74) is 7.90. The Labute approximate surface area is 162 Å². The number of benzene rings is 3. The fourth-order valence-electron chi connectivity index (χ4n) is 4.22. The highest BCUT2D eigenvalue weighted by atomic mass is 32.2. The van der Waals surface area contributed by atoms with Crippen LogP contribution in [0, 0.1) is 0 Å². The zero-order valence-electron chi connectivity index (χ0n) is 14.9. The molecule has 1 aromatic heterocycles. The average Bonchev–Trinajstić information content (AvgIpc) is 3.42. The summed E-state index contributed by atoms with van der Waals surface area (Å²) >= 11 is 2.00. The van der Waals surface area contributed by atoms with E-state index < -0.39 is 0 Å². The molecule has 3 heteroatoms. The van der Waals surface area contributed by atoms with E-state index in [2.05, 4.69) is 71.7 Å². The first-order chi connectivity index (χ1) is 13.3. The van der Waals surface area contributed by atoms with Gasteiger partial charge < -0.3 is 9.72 Å². The van der Waals surface area contributed by atoms with E-state index in [-0.39, 0.29) is 0 Å². The smallest absolute Gasteiger partial charge is 0.122 e. The van der Waals surface area contributed by atoms with Crippen LogP contribution in [0.15, 0.2) is 71.6 Å². The lowest BCUT2D eigenvalue weighted by Gasteiger charge is -2.10. The van der Waals surface area contributed by atoms with Crippen molar-refractivity contribution in [3.05, 3.63) is 83.4 Å². The molecule has 0 radical (unpaired) electrons. The molecule has 0 saturated heterocycles. The van der Waals surface area contributed by atoms with Gasteiger partial charge in [0.05, 0.1) is 6.61 Å². The normalized spacial score (nSPS) is 17.7. The molecule has 3 aromatic carbocycles. The van der Waals surface area contributed by atoms with Crippen LogP contribution < -0.4 is 4.74 Å². The molecule has 2 aliphatic heterocycles. The third kappa shape index (κ3) is 2.57. The molecule has 2 aliphatic rings. The van der Waals surface area contributed by atoms with E-state index in [1.807, 2.05) is 11.8 Å². The summed E-state index contributed by atoms with van der Waals surface area (Å²) in [6.45, 7) is 0.824. The van der Waals surface area contributed by atoms with E-state index in [9.17, 15) is 0 Å². The molecule has 0 bridgehead atoms. The van der Waals surface area contributed by atoms with Gasteiger partial charge in [0.25, 0.3) is 0 Å². The quantitative estimate of drug-likeness (QED) is 0.458. The molecule has 0 spiro atoms. The van der Waals surface area contributed by atoms with Gasteiger partial charge in [0.2, 0.25) is 0 Å². The second-order valence-corrected chi connectivity index (χ2v) is 8.61. The second kappa shape index (κ2) is 5.93. The number of nitrogens with one attached hydrogen (secondary N) is 1. The van der Waals surface area contributed by atoms with E-state index in [1.54, 1.807) is 0 Å². The molecule has 2 nitrogen and oxygen atoms in total. The van der Waals surface area contributed by atoms with Gasteiger partial charge in [0, 0.05) is 33.2 Å². The van der Waals surface area contributed by atoms with Crippen LogP contribution in [0.5, 0.6) is 5.75 Å². The molecule has 4 aromatic rings. The number of rotatable bonds is 2. The minimum Gasteiger partial charge on any atom is -0.493 e. The van der Waals surface area contributed by atoms with Gasteiger partial charge in [-0.2, -0.15) is 0 Å². The highest BCUT2D eigenvalue weighted by Gasteiger charge is 2.25. The summed E-state index contributed by atoms with van der Waals surface area (Å²) in [7, 11) is 0. The van der Waals surface area contributed by atoms with Crippen LogP contribution in [0.4, 0.5) is 0 Å². The van der Waals surface area contributed by atoms with Crippen LogP contribution in [0.25, 0.3) is 22.2 Å². The van der Waals surface area contributed by atoms with Gasteiger partial charge in [-0.05, 0) is 52.9 Å². The van der Waals surface area contributed by atoms with Crippen molar-refractivity contribution >= 4 is 22.7 Å². The zero-order valence-corrected chi connectivity index (χ0v) is 15.7. The van der Waals surface area contributed by atoms with Gasteiger partial charge in [0.15, 0.2) is 0 Å². The Morgan fingerprint density at radius 2 is 1.89 bits per heavy atom. The number of aromatic nitrogens is 1. The lowest BCUT2D eigenvalue weighted by atomic mass is 10.0. The summed E-state index contributed by atoms with van der Waals surface area (Å²) < 4.78 is 5.66. The summed E-state index contributed by atoms with van der Waals surface area (Å²) in [5.74, 6) is 1.07.